The summed E-state index contributed by atoms with van der Waals surface area (Å²) >= 11 is 0. The number of carbonyl (C=O) groups is 1. The van der Waals surface area contributed by atoms with E-state index in [1.807, 2.05) is 7.05 Å². The van der Waals surface area contributed by atoms with E-state index in [0.29, 0.717) is 32.0 Å². The lowest BCUT2D eigenvalue weighted by molar-refractivity contribution is 0.0725. The van der Waals surface area contributed by atoms with Crippen molar-refractivity contribution in [2.24, 2.45) is 7.05 Å². The van der Waals surface area contributed by atoms with Gasteiger partial charge in [-0.3, -0.25) is 9.48 Å². The van der Waals surface area contributed by atoms with Crippen LogP contribution in [0.3, 0.4) is 0 Å². The number of anilines is 1. The van der Waals surface area contributed by atoms with Crippen molar-refractivity contribution in [2.75, 3.05) is 11.9 Å². The van der Waals surface area contributed by atoms with Gasteiger partial charge in [0.1, 0.15) is 5.82 Å². The molecule has 0 saturated heterocycles. The summed E-state index contributed by atoms with van der Waals surface area (Å²) in [5.41, 5.74) is 3.11. The van der Waals surface area contributed by atoms with Crippen molar-refractivity contribution in [2.45, 2.75) is 19.5 Å². The topological polar surface area (TPSA) is 75.9 Å². The zero-order chi connectivity index (χ0) is 18.8. The Labute approximate surface area is 155 Å². The van der Waals surface area contributed by atoms with Gasteiger partial charge >= 0.3 is 0 Å². The van der Waals surface area contributed by atoms with Crippen molar-refractivity contribution < 1.29 is 9.18 Å². The van der Waals surface area contributed by atoms with Crippen LogP contribution >= 0.6 is 0 Å². The number of carbonyl (C=O) groups excluding carboxylic acids is 1. The number of aromatic nitrogens is 4. The third kappa shape index (κ3) is 3.38. The fourth-order valence-electron chi connectivity index (χ4n) is 3.33. The molecule has 7 nitrogen and oxygen atoms in total. The van der Waals surface area contributed by atoms with E-state index in [-0.39, 0.29) is 11.5 Å². The molecule has 1 aromatic carbocycles. The van der Waals surface area contributed by atoms with Gasteiger partial charge in [0.25, 0.3) is 5.91 Å². The van der Waals surface area contributed by atoms with Crippen molar-refractivity contribution in [1.82, 2.24) is 24.6 Å². The molecule has 8 heteroatoms. The maximum atomic E-state index is 14.0. The van der Waals surface area contributed by atoms with E-state index < -0.39 is 5.82 Å². The van der Waals surface area contributed by atoms with Gasteiger partial charge in [0.05, 0.1) is 30.0 Å². The summed E-state index contributed by atoms with van der Waals surface area (Å²) in [5, 5.41) is 7.74. The van der Waals surface area contributed by atoms with E-state index in [0.717, 1.165) is 17.0 Å². The minimum atomic E-state index is -0.494. The Bertz CT molecular complexity index is 972. The van der Waals surface area contributed by atoms with Crippen molar-refractivity contribution in [3.63, 3.8) is 0 Å². The van der Waals surface area contributed by atoms with Crippen LogP contribution in [0, 0.1) is 5.82 Å². The highest BCUT2D eigenvalue weighted by atomic mass is 19.1. The van der Waals surface area contributed by atoms with Gasteiger partial charge in [-0.15, -0.1) is 0 Å². The van der Waals surface area contributed by atoms with Crippen LogP contribution < -0.4 is 5.32 Å². The SMILES string of the molecule is Cn1nc(CNc2ncccn2)c2c1CN(C(=O)c1ccccc1F)CC2. The number of amides is 1. The lowest BCUT2D eigenvalue weighted by Crippen LogP contribution is -2.37. The molecule has 0 unspecified atom stereocenters. The number of halogens is 1. The Morgan fingerprint density at radius 1 is 1.22 bits per heavy atom. The Morgan fingerprint density at radius 2 is 2.00 bits per heavy atom. The molecular formula is C19H19FN6O. The van der Waals surface area contributed by atoms with E-state index >= 15 is 0 Å². The van der Waals surface area contributed by atoms with Crippen LogP contribution in [0.1, 0.15) is 27.3 Å². The number of nitrogens with zero attached hydrogens (tertiary/aromatic N) is 5. The zero-order valence-corrected chi connectivity index (χ0v) is 14.9. The van der Waals surface area contributed by atoms with Gasteiger partial charge in [-0.25, -0.2) is 14.4 Å². The summed E-state index contributed by atoms with van der Waals surface area (Å²) in [6.45, 7) is 1.45. The normalized spacial score (nSPS) is 13.3. The largest absolute Gasteiger partial charge is 0.348 e. The van der Waals surface area contributed by atoms with Gasteiger partial charge in [-0.1, -0.05) is 12.1 Å². The highest BCUT2D eigenvalue weighted by Gasteiger charge is 2.28. The van der Waals surface area contributed by atoms with Crippen molar-refractivity contribution in [1.29, 1.82) is 0 Å². The molecule has 0 radical (unpaired) electrons. The van der Waals surface area contributed by atoms with E-state index in [1.54, 1.807) is 40.2 Å². The average Bonchev–Trinajstić information content (AvgIpc) is 3.02. The Kier molecular flexibility index (Phi) is 4.53. The highest BCUT2D eigenvalue weighted by molar-refractivity contribution is 5.94. The van der Waals surface area contributed by atoms with Gasteiger partial charge in [0.2, 0.25) is 5.95 Å². The van der Waals surface area contributed by atoms with Crippen LogP contribution in [0.25, 0.3) is 0 Å². The highest BCUT2D eigenvalue weighted by Crippen LogP contribution is 2.24. The minimum absolute atomic E-state index is 0.103. The van der Waals surface area contributed by atoms with Crippen LogP contribution in [0.5, 0.6) is 0 Å². The van der Waals surface area contributed by atoms with Gasteiger partial charge in [0, 0.05) is 31.5 Å². The molecule has 0 bridgehead atoms. The first-order chi connectivity index (χ1) is 13.1. The Balaban J connectivity index is 1.51. The molecule has 3 heterocycles. The number of benzene rings is 1. The first-order valence-electron chi connectivity index (χ1n) is 8.72. The molecule has 1 amide bonds. The third-order valence-corrected chi connectivity index (χ3v) is 4.70. The van der Waals surface area contributed by atoms with Crippen LogP contribution in [0.4, 0.5) is 10.3 Å². The van der Waals surface area contributed by atoms with E-state index in [1.165, 1.54) is 12.1 Å². The number of fused-ring (bicyclic) bond motifs is 1. The minimum Gasteiger partial charge on any atom is -0.348 e. The van der Waals surface area contributed by atoms with Crippen molar-refractivity contribution in [3.05, 3.63) is 71.1 Å². The fourth-order valence-corrected chi connectivity index (χ4v) is 3.33. The molecule has 1 N–H and O–H groups in total. The summed E-state index contributed by atoms with van der Waals surface area (Å²) in [6.07, 6.45) is 4.03. The average molecular weight is 366 g/mol. The van der Waals surface area contributed by atoms with E-state index in [2.05, 4.69) is 20.4 Å². The summed E-state index contributed by atoms with van der Waals surface area (Å²) in [6, 6.07) is 7.84. The van der Waals surface area contributed by atoms with Crippen LogP contribution in [-0.2, 0) is 26.6 Å². The number of aryl methyl sites for hydroxylation is 1. The second kappa shape index (κ2) is 7.14. The molecule has 2 aromatic heterocycles. The molecule has 0 atom stereocenters. The molecule has 1 aliphatic heterocycles. The van der Waals surface area contributed by atoms with Gasteiger partial charge in [-0.05, 0) is 24.6 Å². The molecule has 0 saturated carbocycles. The quantitative estimate of drug-likeness (QED) is 0.766. The number of rotatable bonds is 4. The molecule has 138 valence electrons. The first kappa shape index (κ1) is 17.1. The number of nitrogens with one attached hydrogen (secondary N) is 1. The Morgan fingerprint density at radius 3 is 2.78 bits per heavy atom. The van der Waals surface area contributed by atoms with Crippen molar-refractivity contribution in [3.8, 4) is 0 Å². The van der Waals surface area contributed by atoms with Gasteiger partial charge in [-0.2, -0.15) is 5.10 Å². The number of hydrogen-bond donors (Lipinski definition) is 1. The first-order valence-corrected chi connectivity index (χ1v) is 8.72. The van der Waals surface area contributed by atoms with E-state index in [4.69, 9.17) is 0 Å². The van der Waals surface area contributed by atoms with Crippen LogP contribution in [0.15, 0.2) is 42.7 Å². The molecule has 0 spiro atoms. The predicted molar refractivity (Wildman–Crippen MR) is 97.4 cm³/mol. The lowest BCUT2D eigenvalue weighted by atomic mass is 10.0. The molecule has 0 aliphatic carbocycles. The van der Waals surface area contributed by atoms with Crippen molar-refractivity contribution >= 4 is 11.9 Å². The standard InChI is InChI=1S/C19H19FN6O/c1-25-17-12-26(18(27)13-5-2-3-6-15(13)20)10-7-14(17)16(24-25)11-23-19-21-8-4-9-22-19/h2-6,8-9H,7,10-12H2,1H3,(H,21,22,23). The lowest BCUT2D eigenvalue weighted by Gasteiger charge is -2.28. The summed E-state index contributed by atoms with van der Waals surface area (Å²) in [7, 11) is 1.86. The molecule has 27 heavy (non-hydrogen) atoms. The van der Waals surface area contributed by atoms with Gasteiger partial charge in [0.15, 0.2) is 0 Å². The fraction of sp³-hybridized carbons (Fsp3) is 0.263. The smallest absolute Gasteiger partial charge is 0.257 e. The zero-order valence-electron chi connectivity index (χ0n) is 14.9. The summed E-state index contributed by atoms with van der Waals surface area (Å²) in [4.78, 5) is 22.6. The molecule has 0 fully saturated rings. The second-order valence-corrected chi connectivity index (χ2v) is 6.38. The van der Waals surface area contributed by atoms with E-state index in [9.17, 15) is 9.18 Å². The molecule has 3 aromatic rings. The van der Waals surface area contributed by atoms with Crippen LogP contribution in [0.2, 0.25) is 0 Å². The molecule has 4 rings (SSSR count). The maximum absolute atomic E-state index is 14.0. The number of hydrogen-bond acceptors (Lipinski definition) is 5. The monoisotopic (exact) mass is 366 g/mol. The second-order valence-electron chi connectivity index (χ2n) is 6.38. The van der Waals surface area contributed by atoms with Gasteiger partial charge < -0.3 is 10.2 Å². The third-order valence-electron chi connectivity index (χ3n) is 4.70. The maximum Gasteiger partial charge on any atom is 0.257 e. The summed E-state index contributed by atoms with van der Waals surface area (Å²) in [5.74, 6) is -0.243. The summed E-state index contributed by atoms with van der Waals surface area (Å²) < 4.78 is 15.7. The predicted octanol–water partition coefficient (Wildman–Crippen LogP) is 2.16. The molecular weight excluding hydrogens is 347 g/mol. The Hall–Kier alpha value is -3.29. The molecule has 1 aliphatic rings. The van der Waals surface area contributed by atoms with Crippen LogP contribution in [-0.4, -0.2) is 37.1 Å².